The maximum absolute atomic E-state index is 13.4. The zero-order valence-corrected chi connectivity index (χ0v) is 16.7. The molecule has 0 amide bonds. The molecule has 28 heavy (non-hydrogen) atoms. The van der Waals surface area contributed by atoms with Crippen molar-refractivity contribution in [1.82, 2.24) is 10.2 Å². The maximum Gasteiger partial charge on any atom is 0.123 e. The minimum absolute atomic E-state index is 0.107. The van der Waals surface area contributed by atoms with E-state index in [1.165, 1.54) is 12.1 Å². The Hall–Kier alpha value is -1.95. The number of benzene rings is 2. The molecule has 2 aromatic carbocycles. The first-order chi connectivity index (χ1) is 13.5. The van der Waals surface area contributed by atoms with Crippen molar-refractivity contribution in [3.05, 3.63) is 64.4 Å². The van der Waals surface area contributed by atoms with Crippen molar-refractivity contribution in [3.8, 4) is 5.75 Å². The Bertz CT molecular complexity index is 876. The molecular weight excluding hydrogens is 377 g/mol. The molecule has 2 aliphatic rings. The lowest BCUT2D eigenvalue weighted by atomic mass is 9.87. The third kappa shape index (κ3) is 3.93. The molecular formula is C22H25ClFN3O. The fourth-order valence-corrected chi connectivity index (χ4v) is 4.40. The Morgan fingerprint density at radius 3 is 2.61 bits per heavy atom. The van der Waals surface area contributed by atoms with Gasteiger partial charge in [-0.2, -0.15) is 0 Å². The number of likely N-dealkylation sites (tertiary alicyclic amines) is 1. The van der Waals surface area contributed by atoms with E-state index in [-0.39, 0.29) is 23.3 Å². The monoisotopic (exact) mass is 401 g/mol. The first-order valence-corrected chi connectivity index (χ1v) is 10.2. The lowest BCUT2D eigenvalue weighted by Crippen LogP contribution is -2.56. The second-order valence-corrected chi connectivity index (χ2v) is 8.07. The van der Waals surface area contributed by atoms with Gasteiger partial charge in [-0.15, -0.1) is 0 Å². The van der Waals surface area contributed by atoms with Crippen LogP contribution in [0.25, 0.3) is 0 Å². The van der Waals surface area contributed by atoms with E-state index < -0.39 is 0 Å². The summed E-state index contributed by atoms with van der Waals surface area (Å²) >= 11 is 6.20. The predicted octanol–water partition coefficient (Wildman–Crippen LogP) is 4.52. The van der Waals surface area contributed by atoms with Crippen LogP contribution in [0.1, 0.15) is 43.4 Å². The average Bonchev–Trinajstić information content (AvgIpc) is 2.70. The van der Waals surface area contributed by atoms with Crippen LogP contribution < -0.4 is 5.32 Å². The zero-order valence-electron chi connectivity index (χ0n) is 16.0. The molecule has 2 aromatic rings. The van der Waals surface area contributed by atoms with Crippen LogP contribution in [0.5, 0.6) is 5.75 Å². The summed E-state index contributed by atoms with van der Waals surface area (Å²) < 4.78 is 13.4. The van der Waals surface area contributed by atoms with E-state index in [9.17, 15) is 9.50 Å². The molecule has 0 radical (unpaired) electrons. The summed E-state index contributed by atoms with van der Waals surface area (Å²) in [6.45, 7) is 5.14. The number of hydrogen-bond donors (Lipinski definition) is 2. The van der Waals surface area contributed by atoms with Crippen molar-refractivity contribution in [3.63, 3.8) is 0 Å². The quantitative estimate of drug-likeness (QED) is 0.794. The molecule has 1 saturated heterocycles. The number of phenols is 1. The van der Waals surface area contributed by atoms with Gasteiger partial charge in [-0.25, -0.2) is 4.39 Å². The smallest absolute Gasteiger partial charge is 0.123 e. The normalized spacial score (nSPS) is 22.2. The highest BCUT2D eigenvalue weighted by Crippen LogP contribution is 2.38. The van der Waals surface area contributed by atoms with Crippen LogP contribution in [0.3, 0.4) is 0 Å². The summed E-state index contributed by atoms with van der Waals surface area (Å²) in [6, 6.07) is 11.5. The highest BCUT2D eigenvalue weighted by Gasteiger charge is 2.40. The summed E-state index contributed by atoms with van der Waals surface area (Å²) in [5.74, 6) is -0.0308. The van der Waals surface area contributed by atoms with Crippen LogP contribution in [0, 0.1) is 5.82 Å². The summed E-state index contributed by atoms with van der Waals surface area (Å²) in [7, 11) is 0. The molecule has 1 unspecified atom stereocenters. The molecule has 4 rings (SSSR count). The topological polar surface area (TPSA) is 47.9 Å². The largest absolute Gasteiger partial charge is 0.508 e. The fourth-order valence-electron chi connectivity index (χ4n) is 4.22. The number of piperidine rings is 1. The number of phenolic OH excluding ortho intramolecular Hbond substituents is 1. The molecule has 1 spiro atoms. The summed E-state index contributed by atoms with van der Waals surface area (Å²) in [5.41, 5.74) is 2.26. The Balaban J connectivity index is 1.72. The number of nitrogens with one attached hydrogen (secondary N) is 1. The third-order valence-electron chi connectivity index (χ3n) is 5.86. The molecule has 0 bridgehead atoms. The van der Waals surface area contributed by atoms with Crippen molar-refractivity contribution < 1.29 is 9.50 Å². The molecule has 2 N–H and O–H groups in total. The van der Waals surface area contributed by atoms with Gasteiger partial charge in [-0.1, -0.05) is 30.7 Å². The first-order valence-electron chi connectivity index (χ1n) is 9.81. The fraction of sp³-hybridized carbons (Fsp3) is 0.409. The van der Waals surface area contributed by atoms with E-state index >= 15 is 0 Å². The van der Waals surface area contributed by atoms with E-state index in [4.69, 9.17) is 16.6 Å². The van der Waals surface area contributed by atoms with E-state index in [1.807, 2.05) is 6.07 Å². The Morgan fingerprint density at radius 1 is 1.21 bits per heavy atom. The minimum atomic E-state index is -0.382. The first kappa shape index (κ1) is 19.4. The lowest BCUT2D eigenvalue weighted by Gasteiger charge is -2.45. The van der Waals surface area contributed by atoms with Crippen molar-refractivity contribution in [2.45, 2.75) is 37.9 Å². The zero-order chi connectivity index (χ0) is 19.7. The van der Waals surface area contributed by atoms with Crippen LogP contribution in [-0.4, -0.2) is 41.0 Å². The van der Waals surface area contributed by atoms with Gasteiger partial charge in [0.1, 0.15) is 17.2 Å². The SMILES string of the molecule is CCN1CCC2(CC1)N=C(c1ccc(F)cc1)CC(c1cc(Cl)ccc1O)N2. The van der Waals surface area contributed by atoms with Gasteiger partial charge in [0, 0.05) is 41.8 Å². The number of aliphatic imine (C=N–C) groups is 1. The number of aromatic hydroxyl groups is 1. The van der Waals surface area contributed by atoms with E-state index in [0.29, 0.717) is 11.4 Å². The van der Waals surface area contributed by atoms with Gasteiger partial charge in [-0.05, 0) is 55.3 Å². The van der Waals surface area contributed by atoms with Crippen molar-refractivity contribution in [2.24, 2.45) is 4.99 Å². The maximum atomic E-state index is 13.4. The highest BCUT2D eigenvalue weighted by atomic mass is 35.5. The van der Waals surface area contributed by atoms with Crippen LogP contribution in [0.4, 0.5) is 4.39 Å². The van der Waals surface area contributed by atoms with Gasteiger partial charge in [0.2, 0.25) is 0 Å². The van der Waals surface area contributed by atoms with Gasteiger partial charge < -0.3 is 10.0 Å². The number of nitrogens with zero attached hydrogens (tertiary/aromatic N) is 2. The molecule has 1 atom stereocenters. The predicted molar refractivity (Wildman–Crippen MR) is 111 cm³/mol. The average molecular weight is 402 g/mol. The van der Waals surface area contributed by atoms with Gasteiger partial charge in [-0.3, -0.25) is 10.3 Å². The Morgan fingerprint density at radius 2 is 1.93 bits per heavy atom. The molecule has 6 heteroatoms. The highest BCUT2D eigenvalue weighted by molar-refractivity contribution is 6.30. The number of hydrogen-bond acceptors (Lipinski definition) is 4. The molecule has 148 valence electrons. The molecule has 1 fully saturated rings. The molecule has 0 aliphatic carbocycles. The van der Waals surface area contributed by atoms with Gasteiger partial charge >= 0.3 is 0 Å². The summed E-state index contributed by atoms with van der Waals surface area (Å²) in [5, 5.41) is 14.7. The Kier molecular flexibility index (Phi) is 5.41. The standard InChI is InChI=1S/C22H25ClFN3O/c1-2-27-11-9-22(10-12-27)25-19(15-3-6-17(24)7-4-15)14-20(26-22)18-13-16(23)5-8-21(18)28/h3-8,13,20,26,28H,2,9-12,14H2,1H3. The van der Waals surface area contributed by atoms with Crippen molar-refractivity contribution >= 4 is 17.3 Å². The van der Waals surface area contributed by atoms with Crippen molar-refractivity contribution in [2.75, 3.05) is 19.6 Å². The van der Waals surface area contributed by atoms with E-state index in [1.54, 1.807) is 24.3 Å². The molecule has 0 aromatic heterocycles. The van der Waals surface area contributed by atoms with E-state index in [0.717, 1.165) is 49.3 Å². The van der Waals surface area contributed by atoms with Crippen LogP contribution in [-0.2, 0) is 0 Å². The second kappa shape index (κ2) is 7.82. The molecule has 0 saturated carbocycles. The molecule has 2 heterocycles. The van der Waals surface area contributed by atoms with Crippen molar-refractivity contribution in [1.29, 1.82) is 0 Å². The third-order valence-corrected chi connectivity index (χ3v) is 6.10. The summed E-state index contributed by atoms with van der Waals surface area (Å²) in [4.78, 5) is 7.53. The number of rotatable bonds is 3. The Labute approximate surface area is 170 Å². The van der Waals surface area contributed by atoms with Crippen LogP contribution >= 0.6 is 11.6 Å². The molecule has 2 aliphatic heterocycles. The van der Waals surface area contributed by atoms with Gasteiger partial charge in [0.15, 0.2) is 0 Å². The van der Waals surface area contributed by atoms with E-state index in [2.05, 4.69) is 17.1 Å². The number of halogens is 2. The van der Waals surface area contributed by atoms with Gasteiger partial charge in [0.05, 0.1) is 0 Å². The van der Waals surface area contributed by atoms with Crippen LogP contribution in [0.2, 0.25) is 5.02 Å². The second-order valence-electron chi connectivity index (χ2n) is 7.64. The lowest BCUT2D eigenvalue weighted by molar-refractivity contribution is 0.129. The molecule has 4 nitrogen and oxygen atoms in total. The summed E-state index contributed by atoms with van der Waals surface area (Å²) in [6.07, 6.45) is 2.39. The van der Waals surface area contributed by atoms with Crippen LogP contribution in [0.15, 0.2) is 47.5 Å². The minimum Gasteiger partial charge on any atom is -0.508 e. The van der Waals surface area contributed by atoms with Gasteiger partial charge in [0.25, 0.3) is 0 Å².